The van der Waals surface area contributed by atoms with E-state index in [9.17, 15) is 4.79 Å². The van der Waals surface area contributed by atoms with E-state index in [1.54, 1.807) is 6.08 Å². The molecule has 0 aliphatic heterocycles. The van der Waals surface area contributed by atoms with Gasteiger partial charge < -0.3 is 5.11 Å². The fourth-order valence-corrected chi connectivity index (χ4v) is 1.86. The standard InChI is InChI=1S/C12H12O2/c13-12(14)7-5-9-4-6-10-2-1-3-11(10)8-9/h4-8H,1-3H2,(H,13,14)/b7-5-. The van der Waals surface area contributed by atoms with Crippen molar-refractivity contribution in [2.24, 2.45) is 0 Å². The zero-order valence-corrected chi connectivity index (χ0v) is 7.86. The van der Waals surface area contributed by atoms with Gasteiger partial charge in [-0.3, -0.25) is 0 Å². The maximum Gasteiger partial charge on any atom is 0.328 e. The highest BCUT2D eigenvalue weighted by molar-refractivity contribution is 5.85. The summed E-state index contributed by atoms with van der Waals surface area (Å²) in [6.45, 7) is 0. The van der Waals surface area contributed by atoms with E-state index in [0.29, 0.717) is 0 Å². The van der Waals surface area contributed by atoms with Crippen LogP contribution in [0.4, 0.5) is 0 Å². The van der Waals surface area contributed by atoms with Crippen molar-refractivity contribution in [3.05, 3.63) is 41.0 Å². The summed E-state index contributed by atoms with van der Waals surface area (Å²) in [4.78, 5) is 10.3. The highest BCUT2D eigenvalue weighted by Crippen LogP contribution is 2.23. The molecule has 1 N–H and O–H groups in total. The molecular weight excluding hydrogens is 176 g/mol. The minimum atomic E-state index is -0.898. The largest absolute Gasteiger partial charge is 0.478 e. The summed E-state index contributed by atoms with van der Waals surface area (Å²) in [5, 5.41) is 8.48. The fraction of sp³-hybridized carbons (Fsp3) is 0.250. The Balaban J connectivity index is 2.25. The van der Waals surface area contributed by atoms with Gasteiger partial charge in [-0.05, 0) is 42.0 Å². The van der Waals surface area contributed by atoms with E-state index in [1.807, 2.05) is 6.07 Å². The van der Waals surface area contributed by atoms with Crippen molar-refractivity contribution >= 4 is 12.0 Å². The van der Waals surface area contributed by atoms with Crippen molar-refractivity contribution in [2.45, 2.75) is 19.3 Å². The maximum absolute atomic E-state index is 10.3. The molecule has 2 rings (SSSR count). The van der Waals surface area contributed by atoms with Gasteiger partial charge in [0.15, 0.2) is 0 Å². The van der Waals surface area contributed by atoms with Crippen molar-refractivity contribution in [3.8, 4) is 0 Å². The van der Waals surface area contributed by atoms with Crippen molar-refractivity contribution in [3.63, 3.8) is 0 Å². The molecule has 1 aromatic carbocycles. The van der Waals surface area contributed by atoms with E-state index >= 15 is 0 Å². The molecule has 0 saturated heterocycles. The summed E-state index contributed by atoms with van der Waals surface area (Å²) in [7, 11) is 0. The van der Waals surface area contributed by atoms with Gasteiger partial charge in [-0.2, -0.15) is 0 Å². The molecule has 0 amide bonds. The number of hydrogen-bond donors (Lipinski definition) is 1. The van der Waals surface area contributed by atoms with Crippen LogP contribution in [0.3, 0.4) is 0 Å². The number of carbonyl (C=O) groups is 1. The van der Waals surface area contributed by atoms with Gasteiger partial charge in [-0.1, -0.05) is 18.2 Å². The number of benzene rings is 1. The summed E-state index contributed by atoms with van der Waals surface area (Å²) in [5.74, 6) is -0.898. The topological polar surface area (TPSA) is 37.3 Å². The summed E-state index contributed by atoms with van der Waals surface area (Å²) in [5.41, 5.74) is 3.77. The lowest BCUT2D eigenvalue weighted by Crippen LogP contribution is -1.87. The number of hydrogen-bond acceptors (Lipinski definition) is 1. The summed E-state index contributed by atoms with van der Waals surface area (Å²) in [6.07, 6.45) is 6.33. The average Bonchev–Trinajstić information content (AvgIpc) is 2.61. The summed E-state index contributed by atoms with van der Waals surface area (Å²) < 4.78 is 0. The first kappa shape index (κ1) is 9.00. The van der Waals surface area contributed by atoms with Gasteiger partial charge in [0.2, 0.25) is 0 Å². The number of rotatable bonds is 2. The van der Waals surface area contributed by atoms with Crippen LogP contribution in [0.2, 0.25) is 0 Å². The quantitative estimate of drug-likeness (QED) is 0.723. The van der Waals surface area contributed by atoms with Crippen molar-refractivity contribution < 1.29 is 9.90 Å². The van der Waals surface area contributed by atoms with Crippen LogP contribution in [-0.4, -0.2) is 11.1 Å². The van der Waals surface area contributed by atoms with E-state index in [-0.39, 0.29) is 0 Å². The number of aryl methyl sites for hydroxylation is 2. The van der Waals surface area contributed by atoms with Gasteiger partial charge in [0.25, 0.3) is 0 Å². The molecule has 0 atom stereocenters. The normalized spacial score (nSPS) is 14.6. The number of aliphatic carboxylic acids is 1. The zero-order chi connectivity index (χ0) is 9.97. The Bertz CT molecular complexity index is 391. The van der Waals surface area contributed by atoms with Gasteiger partial charge in [0.05, 0.1) is 0 Å². The van der Waals surface area contributed by atoms with E-state index in [4.69, 9.17) is 5.11 Å². The van der Waals surface area contributed by atoms with Crippen LogP contribution < -0.4 is 0 Å². The lowest BCUT2D eigenvalue weighted by molar-refractivity contribution is -0.131. The van der Waals surface area contributed by atoms with Crippen LogP contribution in [0, 0.1) is 0 Å². The molecule has 1 aliphatic rings. The van der Waals surface area contributed by atoms with Crippen molar-refractivity contribution in [1.29, 1.82) is 0 Å². The van der Waals surface area contributed by atoms with Crippen LogP contribution >= 0.6 is 0 Å². The lowest BCUT2D eigenvalue weighted by Gasteiger charge is -1.99. The van der Waals surface area contributed by atoms with Gasteiger partial charge in [0.1, 0.15) is 0 Å². The molecule has 2 nitrogen and oxygen atoms in total. The minimum absolute atomic E-state index is 0.898. The molecule has 1 aromatic rings. The molecule has 0 heterocycles. The molecule has 1 aliphatic carbocycles. The van der Waals surface area contributed by atoms with Gasteiger partial charge in [-0.25, -0.2) is 4.79 Å². The molecule has 0 spiro atoms. The first-order valence-corrected chi connectivity index (χ1v) is 4.78. The Kier molecular flexibility index (Phi) is 2.35. The van der Waals surface area contributed by atoms with E-state index in [2.05, 4.69) is 12.1 Å². The fourth-order valence-electron chi connectivity index (χ4n) is 1.86. The third kappa shape index (κ3) is 1.84. The molecule has 0 radical (unpaired) electrons. The zero-order valence-electron chi connectivity index (χ0n) is 7.86. The molecule has 0 bridgehead atoms. The second-order valence-electron chi connectivity index (χ2n) is 3.55. The smallest absolute Gasteiger partial charge is 0.328 e. The SMILES string of the molecule is O=C(O)/C=C\c1ccc2c(c1)CCC2. The third-order valence-electron chi connectivity index (χ3n) is 2.54. The van der Waals surface area contributed by atoms with Crippen LogP contribution in [0.5, 0.6) is 0 Å². The predicted molar refractivity (Wildman–Crippen MR) is 55.1 cm³/mol. The first-order valence-electron chi connectivity index (χ1n) is 4.78. The highest BCUT2D eigenvalue weighted by atomic mass is 16.4. The number of carboxylic acid groups (broad SMARTS) is 1. The Morgan fingerprint density at radius 1 is 1.29 bits per heavy atom. The van der Waals surface area contributed by atoms with Crippen LogP contribution in [0.25, 0.3) is 6.08 Å². The third-order valence-corrected chi connectivity index (χ3v) is 2.54. The molecule has 0 saturated carbocycles. The molecular formula is C12H12O2. The van der Waals surface area contributed by atoms with Crippen LogP contribution in [-0.2, 0) is 17.6 Å². The van der Waals surface area contributed by atoms with E-state index < -0.39 is 5.97 Å². The van der Waals surface area contributed by atoms with E-state index in [1.165, 1.54) is 23.6 Å². The summed E-state index contributed by atoms with van der Waals surface area (Å²) >= 11 is 0. The Labute approximate surface area is 82.9 Å². The molecule has 72 valence electrons. The van der Waals surface area contributed by atoms with Gasteiger partial charge >= 0.3 is 5.97 Å². The number of fused-ring (bicyclic) bond motifs is 1. The number of carboxylic acids is 1. The van der Waals surface area contributed by atoms with E-state index in [0.717, 1.165) is 18.4 Å². The molecule has 0 unspecified atom stereocenters. The van der Waals surface area contributed by atoms with Gasteiger partial charge in [-0.15, -0.1) is 0 Å². The maximum atomic E-state index is 10.3. The van der Waals surface area contributed by atoms with Gasteiger partial charge in [0, 0.05) is 6.08 Å². The Morgan fingerprint density at radius 2 is 2.07 bits per heavy atom. The van der Waals surface area contributed by atoms with Crippen LogP contribution in [0.1, 0.15) is 23.1 Å². The minimum Gasteiger partial charge on any atom is -0.478 e. The Hall–Kier alpha value is -1.57. The van der Waals surface area contributed by atoms with Crippen LogP contribution in [0.15, 0.2) is 24.3 Å². The monoisotopic (exact) mass is 188 g/mol. The van der Waals surface area contributed by atoms with Crippen molar-refractivity contribution in [1.82, 2.24) is 0 Å². The first-order chi connectivity index (χ1) is 6.75. The highest BCUT2D eigenvalue weighted by Gasteiger charge is 2.09. The second kappa shape index (κ2) is 3.66. The van der Waals surface area contributed by atoms with Crippen molar-refractivity contribution in [2.75, 3.05) is 0 Å². The summed E-state index contributed by atoms with van der Waals surface area (Å²) in [6, 6.07) is 6.16. The Morgan fingerprint density at radius 3 is 2.86 bits per heavy atom. The molecule has 0 fully saturated rings. The lowest BCUT2D eigenvalue weighted by atomic mass is 10.1. The predicted octanol–water partition coefficient (Wildman–Crippen LogP) is 2.27. The molecule has 2 heteroatoms. The second-order valence-corrected chi connectivity index (χ2v) is 3.55. The average molecular weight is 188 g/mol. The molecule has 14 heavy (non-hydrogen) atoms. The molecule has 0 aromatic heterocycles.